The standard InChI is InChI=1S/C15H29NO4/c1-6-10-11-16(15(18)20-9-4)13(12(5)7-2)14(17)19-8-3/h12-13H,6-11H2,1-5H3. The molecule has 0 bridgehead atoms. The molecule has 0 aromatic rings. The third kappa shape index (κ3) is 5.80. The summed E-state index contributed by atoms with van der Waals surface area (Å²) in [6, 6.07) is -0.564. The fourth-order valence-corrected chi connectivity index (χ4v) is 2.00. The van der Waals surface area contributed by atoms with Crippen LogP contribution in [-0.2, 0) is 14.3 Å². The quantitative estimate of drug-likeness (QED) is 0.611. The normalized spacial score (nSPS) is 13.4. The number of hydrogen-bond donors (Lipinski definition) is 0. The molecule has 0 fully saturated rings. The summed E-state index contributed by atoms with van der Waals surface area (Å²) >= 11 is 0. The Morgan fingerprint density at radius 1 is 1.05 bits per heavy atom. The first-order valence-electron chi connectivity index (χ1n) is 7.63. The molecule has 0 N–H and O–H groups in total. The Bertz CT molecular complexity index is 294. The number of nitrogens with zero attached hydrogens (tertiary/aromatic N) is 1. The lowest BCUT2D eigenvalue weighted by Crippen LogP contribution is -2.50. The maximum Gasteiger partial charge on any atom is 0.410 e. The summed E-state index contributed by atoms with van der Waals surface area (Å²) in [4.78, 5) is 25.8. The molecule has 0 spiro atoms. The highest BCUT2D eigenvalue weighted by atomic mass is 16.6. The van der Waals surface area contributed by atoms with Gasteiger partial charge in [0, 0.05) is 6.54 Å². The Hall–Kier alpha value is -1.26. The largest absolute Gasteiger partial charge is 0.464 e. The fourth-order valence-electron chi connectivity index (χ4n) is 2.00. The maximum atomic E-state index is 12.2. The summed E-state index contributed by atoms with van der Waals surface area (Å²) in [6.07, 6.45) is 2.15. The zero-order chi connectivity index (χ0) is 15.5. The van der Waals surface area contributed by atoms with Gasteiger partial charge < -0.3 is 9.47 Å². The number of amides is 1. The summed E-state index contributed by atoms with van der Waals surface area (Å²) in [5.41, 5.74) is 0. The minimum atomic E-state index is -0.564. The smallest absolute Gasteiger partial charge is 0.410 e. The average molecular weight is 287 g/mol. The maximum absolute atomic E-state index is 12.2. The first kappa shape index (κ1) is 18.7. The first-order chi connectivity index (χ1) is 9.53. The lowest BCUT2D eigenvalue weighted by molar-refractivity contribution is -0.151. The molecular weight excluding hydrogens is 258 g/mol. The van der Waals surface area contributed by atoms with Crippen molar-refractivity contribution in [1.82, 2.24) is 4.90 Å². The minimum Gasteiger partial charge on any atom is -0.464 e. The Kier molecular flexibility index (Phi) is 9.86. The van der Waals surface area contributed by atoms with Crippen molar-refractivity contribution in [1.29, 1.82) is 0 Å². The fraction of sp³-hybridized carbons (Fsp3) is 0.867. The van der Waals surface area contributed by atoms with Gasteiger partial charge in [-0.05, 0) is 26.2 Å². The van der Waals surface area contributed by atoms with E-state index >= 15 is 0 Å². The van der Waals surface area contributed by atoms with Gasteiger partial charge in [0.15, 0.2) is 0 Å². The van der Waals surface area contributed by atoms with Crippen molar-refractivity contribution in [2.45, 2.75) is 59.9 Å². The minimum absolute atomic E-state index is 0.0373. The highest BCUT2D eigenvalue weighted by Crippen LogP contribution is 2.18. The Morgan fingerprint density at radius 3 is 2.10 bits per heavy atom. The summed E-state index contributed by atoms with van der Waals surface area (Å²) in [7, 11) is 0. The molecule has 0 aliphatic heterocycles. The van der Waals surface area contributed by atoms with E-state index in [1.807, 2.05) is 20.8 Å². The second-order valence-corrected chi connectivity index (χ2v) is 4.83. The first-order valence-corrected chi connectivity index (χ1v) is 7.63. The molecule has 0 saturated carbocycles. The SMILES string of the molecule is CCCCN(C(=O)OCC)C(C(=O)OCC)C(C)CC. The number of hydrogen-bond acceptors (Lipinski definition) is 4. The molecule has 0 aliphatic carbocycles. The third-order valence-corrected chi connectivity index (χ3v) is 3.30. The number of esters is 1. The number of ether oxygens (including phenoxy) is 2. The van der Waals surface area contributed by atoms with E-state index < -0.39 is 12.1 Å². The van der Waals surface area contributed by atoms with Crippen LogP contribution < -0.4 is 0 Å². The van der Waals surface area contributed by atoms with E-state index in [4.69, 9.17) is 9.47 Å². The molecular formula is C15H29NO4. The van der Waals surface area contributed by atoms with Crippen LogP contribution in [0.5, 0.6) is 0 Å². The van der Waals surface area contributed by atoms with E-state index in [2.05, 4.69) is 0 Å². The van der Waals surface area contributed by atoms with Gasteiger partial charge in [0.25, 0.3) is 0 Å². The molecule has 1 amide bonds. The molecule has 0 aliphatic rings. The predicted octanol–water partition coefficient (Wildman–Crippen LogP) is 3.22. The van der Waals surface area contributed by atoms with Gasteiger partial charge in [-0.3, -0.25) is 4.90 Å². The zero-order valence-corrected chi connectivity index (χ0v) is 13.5. The second kappa shape index (κ2) is 10.5. The molecule has 0 saturated heterocycles. The van der Waals surface area contributed by atoms with Gasteiger partial charge >= 0.3 is 12.1 Å². The van der Waals surface area contributed by atoms with E-state index in [1.165, 1.54) is 4.90 Å². The number of rotatable bonds is 9. The summed E-state index contributed by atoms with van der Waals surface area (Å²) in [5, 5.41) is 0. The van der Waals surface area contributed by atoms with Crippen LogP contribution in [0.2, 0.25) is 0 Å². The van der Waals surface area contributed by atoms with Crippen molar-refractivity contribution < 1.29 is 19.1 Å². The number of unbranched alkanes of at least 4 members (excludes halogenated alkanes) is 1. The highest BCUT2D eigenvalue weighted by Gasteiger charge is 2.35. The van der Waals surface area contributed by atoms with Crippen LogP contribution >= 0.6 is 0 Å². The molecule has 118 valence electrons. The van der Waals surface area contributed by atoms with Gasteiger partial charge in [0.05, 0.1) is 13.2 Å². The molecule has 0 rings (SSSR count). The summed E-state index contributed by atoms with van der Waals surface area (Å²) in [5.74, 6) is -0.304. The summed E-state index contributed by atoms with van der Waals surface area (Å²) in [6.45, 7) is 10.7. The Balaban J connectivity index is 5.15. The van der Waals surface area contributed by atoms with Gasteiger partial charge in [-0.15, -0.1) is 0 Å². The van der Waals surface area contributed by atoms with Gasteiger partial charge in [-0.1, -0.05) is 33.6 Å². The van der Waals surface area contributed by atoms with Crippen molar-refractivity contribution in [3.8, 4) is 0 Å². The van der Waals surface area contributed by atoms with Crippen molar-refractivity contribution >= 4 is 12.1 Å². The monoisotopic (exact) mass is 287 g/mol. The molecule has 0 aromatic heterocycles. The van der Waals surface area contributed by atoms with Crippen LogP contribution in [0.3, 0.4) is 0 Å². The van der Waals surface area contributed by atoms with Crippen LogP contribution in [0.1, 0.15) is 53.9 Å². The van der Waals surface area contributed by atoms with E-state index in [9.17, 15) is 9.59 Å². The average Bonchev–Trinajstić information content (AvgIpc) is 2.42. The van der Waals surface area contributed by atoms with E-state index in [-0.39, 0.29) is 11.9 Å². The van der Waals surface area contributed by atoms with Crippen molar-refractivity contribution in [3.05, 3.63) is 0 Å². The lowest BCUT2D eigenvalue weighted by atomic mass is 9.97. The van der Waals surface area contributed by atoms with Crippen LogP contribution in [0.25, 0.3) is 0 Å². The molecule has 0 radical (unpaired) electrons. The highest BCUT2D eigenvalue weighted by molar-refractivity contribution is 5.81. The van der Waals surface area contributed by atoms with Gasteiger partial charge in [-0.2, -0.15) is 0 Å². The number of carbonyl (C=O) groups excluding carboxylic acids is 2. The Morgan fingerprint density at radius 2 is 1.65 bits per heavy atom. The number of carbonyl (C=O) groups is 2. The molecule has 0 aromatic carbocycles. The molecule has 20 heavy (non-hydrogen) atoms. The third-order valence-electron chi connectivity index (χ3n) is 3.30. The van der Waals surface area contributed by atoms with E-state index in [1.54, 1.807) is 13.8 Å². The van der Waals surface area contributed by atoms with Crippen LogP contribution in [0, 0.1) is 5.92 Å². The van der Waals surface area contributed by atoms with Crippen LogP contribution in [-0.4, -0.2) is 42.8 Å². The second-order valence-electron chi connectivity index (χ2n) is 4.83. The van der Waals surface area contributed by atoms with Crippen LogP contribution in [0.15, 0.2) is 0 Å². The van der Waals surface area contributed by atoms with E-state index in [0.717, 1.165) is 19.3 Å². The predicted molar refractivity (Wildman–Crippen MR) is 78.5 cm³/mol. The topological polar surface area (TPSA) is 55.8 Å². The van der Waals surface area contributed by atoms with Crippen molar-refractivity contribution in [2.75, 3.05) is 19.8 Å². The van der Waals surface area contributed by atoms with E-state index in [0.29, 0.717) is 19.8 Å². The zero-order valence-electron chi connectivity index (χ0n) is 13.5. The van der Waals surface area contributed by atoms with Gasteiger partial charge in [0.1, 0.15) is 6.04 Å². The van der Waals surface area contributed by atoms with Crippen molar-refractivity contribution in [3.63, 3.8) is 0 Å². The summed E-state index contributed by atoms with van der Waals surface area (Å²) < 4.78 is 10.2. The van der Waals surface area contributed by atoms with Gasteiger partial charge in [0.2, 0.25) is 0 Å². The molecule has 2 unspecified atom stereocenters. The van der Waals surface area contributed by atoms with Crippen molar-refractivity contribution in [2.24, 2.45) is 5.92 Å². The van der Waals surface area contributed by atoms with Gasteiger partial charge in [-0.25, -0.2) is 9.59 Å². The molecule has 5 heteroatoms. The molecule has 0 heterocycles. The molecule has 2 atom stereocenters. The molecule has 5 nitrogen and oxygen atoms in total. The van der Waals surface area contributed by atoms with Crippen LogP contribution in [0.4, 0.5) is 4.79 Å². The Labute approximate surface area is 122 Å². The lowest BCUT2D eigenvalue weighted by Gasteiger charge is -2.32.